The van der Waals surface area contributed by atoms with Gasteiger partial charge in [0.25, 0.3) is 5.91 Å². The Morgan fingerprint density at radius 3 is 2.29 bits per heavy atom. The third-order valence-corrected chi connectivity index (χ3v) is 6.74. The number of nitrogens with one attached hydrogen (secondary N) is 2. The first-order valence-corrected chi connectivity index (χ1v) is 10.0. The topological polar surface area (TPSA) is 78.5 Å². The van der Waals surface area contributed by atoms with Crippen LogP contribution >= 0.6 is 0 Å². The quantitative estimate of drug-likeness (QED) is 0.807. The van der Waals surface area contributed by atoms with Gasteiger partial charge in [-0.15, -0.1) is 0 Å². The zero-order chi connectivity index (χ0) is 17.2. The van der Waals surface area contributed by atoms with Crippen molar-refractivity contribution < 1.29 is 13.2 Å². The van der Waals surface area contributed by atoms with E-state index in [0.717, 1.165) is 25.3 Å². The van der Waals surface area contributed by atoms with Gasteiger partial charge in [0.2, 0.25) is 10.0 Å². The summed E-state index contributed by atoms with van der Waals surface area (Å²) in [4.78, 5) is 11.8. The van der Waals surface area contributed by atoms with Crippen molar-refractivity contribution >= 4 is 15.9 Å². The molecular formula is C17H25N3O3S. The molecule has 0 unspecified atom stereocenters. The normalized spacial score (nSPS) is 20.0. The van der Waals surface area contributed by atoms with Gasteiger partial charge in [-0.2, -0.15) is 4.31 Å². The average molecular weight is 351 g/mol. The lowest BCUT2D eigenvalue weighted by atomic mass is 10.1. The molecule has 1 aliphatic heterocycles. The Morgan fingerprint density at radius 2 is 1.75 bits per heavy atom. The summed E-state index contributed by atoms with van der Waals surface area (Å²) in [6.07, 6.45) is 4.35. The fourth-order valence-corrected chi connectivity index (χ4v) is 4.50. The van der Waals surface area contributed by atoms with Crippen LogP contribution in [0.15, 0.2) is 29.2 Å². The monoisotopic (exact) mass is 351 g/mol. The van der Waals surface area contributed by atoms with Crippen molar-refractivity contribution in [3.63, 3.8) is 0 Å². The highest BCUT2D eigenvalue weighted by Gasteiger charge is 2.30. The van der Waals surface area contributed by atoms with Crippen LogP contribution in [0, 0.1) is 5.92 Å². The third-order valence-electron chi connectivity index (χ3n) is 4.83. The van der Waals surface area contributed by atoms with Crippen LogP contribution in [-0.4, -0.2) is 51.4 Å². The molecule has 24 heavy (non-hydrogen) atoms. The molecule has 6 nitrogen and oxygen atoms in total. The standard InChI is InChI=1S/C17H25N3O3S/c1-18-17(21)14-4-6-16(7-5-14)24(22,23)20-10-8-15(9-11-20)19-12-13-2-3-13/h4-7,13,15,19H,2-3,8-12H2,1H3,(H,18,21). The predicted molar refractivity (Wildman–Crippen MR) is 92.3 cm³/mol. The van der Waals surface area contributed by atoms with Gasteiger partial charge in [-0.3, -0.25) is 4.79 Å². The Morgan fingerprint density at radius 1 is 1.12 bits per heavy atom. The second-order valence-electron chi connectivity index (χ2n) is 6.63. The largest absolute Gasteiger partial charge is 0.355 e. The minimum atomic E-state index is -3.48. The molecule has 1 aromatic rings. The van der Waals surface area contributed by atoms with Crippen molar-refractivity contribution in [2.45, 2.75) is 36.6 Å². The number of rotatable bonds is 6. The van der Waals surface area contributed by atoms with Crippen molar-refractivity contribution in [3.8, 4) is 0 Å². The lowest BCUT2D eigenvalue weighted by molar-refractivity contribution is 0.0963. The molecule has 0 radical (unpaired) electrons. The van der Waals surface area contributed by atoms with Gasteiger partial charge in [-0.1, -0.05) is 0 Å². The molecule has 132 valence electrons. The lowest BCUT2D eigenvalue weighted by Gasteiger charge is -2.31. The molecule has 0 spiro atoms. The fourth-order valence-electron chi connectivity index (χ4n) is 3.03. The Bertz CT molecular complexity index is 676. The number of carbonyl (C=O) groups is 1. The smallest absolute Gasteiger partial charge is 0.251 e. The number of hydrogen-bond donors (Lipinski definition) is 2. The van der Waals surface area contributed by atoms with Crippen LogP contribution in [0.25, 0.3) is 0 Å². The molecule has 1 aromatic carbocycles. The maximum atomic E-state index is 12.7. The molecule has 0 bridgehead atoms. The molecule has 1 heterocycles. The van der Waals surface area contributed by atoms with E-state index < -0.39 is 10.0 Å². The lowest BCUT2D eigenvalue weighted by Crippen LogP contribution is -2.45. The van der Waals surface area contributed by atoms with E-state index in [1.54, 1.807) is 23.5 Å². The molecule has 7 heteroatoms. The summed E-state index contributed by atoms with van der Waals surface area (Å²) in [7, 11) is -1.93. The molecule has 2 N–H and O–H groups in total. The van der Waals surface area contributed by atoms with Crippen LogP contribution in [0.5, 0.6) is 0 Å². The maximum absolute atomic E-state index is 12.7. The average Bonchev–Trinajstić information content (AvgIpc) is 3.44. The molecule has 1 saturated heterocycles. The van der Waals surface area contributed by atoms with Gasteiger partial charge in [0, 0.05) is 31.7 Å². The van der Waals surface area contributed by atoms with Crippen LogP contribution in [-0.2, 0) is 10.0 Å². The van der Waals surface area contributed by atoms with E-state index >= 15 is 0 Å². The Balaban J connectivity index is 1.59. The molecule has 3 rings (SSSR count). The number of hydrogen-bond acceptors (Lipinski definition) is 4. The van der Waals surface area contributed by atoms with Crippen molar-refractivity contribution in [2.24, 2.45) is 5.92 Å². The van der Waals surface area contributed by atoms with E-state index in [9.17, 15) is 13.2 Å². The highest BCUT2D eigenvalue weighted by Crippen LogP contribution is 2.28. The van der Waals surface area contributed by atoms with Crippen LogP contribution < -0.4 is 10.6 Å². The van der Waals surface area contributed by atoms with E-state index in [1.807, 2.05) is 0 Å². The number of piperidine rings is 1. The highest BCUT2D eigenvalue weighted by atomic mass is 32.2. The van der Waals surface area contributed by atoms with Crippen molar-refractivity contribution in [2.75, 3.05) is 26.7 Å². The number of sulfonamides is 1. The van der Waals surface area contributed by atoms with Gasteiger partial charge in [0.1, 0.15) is 0 Å². The van der Waals surface area contributed by atoms with Gasteiger partial charge in [0.15, 0.2) is 0 Å². The molecule has 0 atom stereocenters. The fraction of sp³-hybridized carbons (Fsp3) is 0.588. The Labute approximate surface area is 143 Å². The van der Waals surface area contributed by atoms with Gasteiger partial charge < -0.3 is 10.6 Å². The maximum Gasteiger partial charge on any atom is 0.251 e. The van der Waals surface area contributed by atoms with Gasteiger partial charge in [-0.25, -0.2) is 8.42 Å². The Kier molecular flexibility index (Phi) is 5.22. The predicted octanol–water partition coefficient (Wildman–Crippen LogP) is 1.20. The van der Waals surface area contributed by atoms with Crippen LogP contribution in [0.2, 0.25) is 0 Å². The number of carbonyl (C=O) groups excluding carboxylic acids is 1. The molecule has 1 saturated carbocycles. The first-order chi connectivity index (χ1) is 11.5. The molecule has 2 aliphatic rings. The molecular weight excluding hydrogens is 326 g/mol. The van der Waals surface area contributed by atoms with Crippen molar-refractivity contribution in [1.82, 2.24) is 14.9 Å². The number of benzene rings is 1. The van der Waals surface area contributed by atoms with Gasteiger partial charge in [0.05, 0.1) is 4.90 Å². The zero-order valence-electron chi connectivity index (χ0n) is 14.0. The summed E-state index contributed by atoms with van der Waals surface area (Å²) in [6.45, 7) is 2.15. The van der Waals surface area contributed by atoms with E-state index in [-0.39, 0.29) is 10.8 Å². The number of amides is 1. The molecule has 0 aromatic heterocycles. The van der Waals surface area contributed by atoms with Crippen LogP contribution in [0.3, 0.4) is 0 Å². The second-order valence-corrected chi connectivity index (χ2v) is 8.57. The van der Waals surface area contributed by atoms with E-state index in [0.29, 0.717) is 24.7 Å². The second kappa shape index (κ2) is 7.21. The summed E-state index contributed by atoms with van der Waals surface area (Å²) in [5, 5.41) is 6.08. The summed E-state index contributed by atoms with van der Waals surface area (Å²) in [5.41, 5.74) is 0.458. The first kappa shape index (κ1) is 17.4. The third kappa shape index (κ3) is 3.96. The summed E-state index contributed by atoms with van der Waals surface area (Å²) >= 11 is 0. The molecule has 1 aliphatic carbocycles. The number of nitrogens with zero attached hydrogens (tertiary/aromatic N) is 1. The molecule has 1 amide bonds. The van der Waals surface area contributed by atoms with Crippen LogP contribution in [0.4, 0.5) is 0 Å². The van der Waals surface area contributed by atoms with Crippen molar-refractivity contribution in [3.05, 3.63) is 29.8 Å². The Hall–Kier alpha value is -1.44. The van der Waals surface area contributed by atoms with Gasteiger partial charge in [-0.05, 0) is 62.4 Å². The van der Waals surface area contributed by atoms with E-state index in [1.165, 1.54) is 25.0 Å². The van der Waals surface area contributed by atoms with E-state index in [2.05, 4.69) is 10.6 Å². The summed E-state index contributed by atoms with van der Waals surface area (Å²) < 4.78 is 27.0. The SMILES string of the molecule is CNC(=O)c1ccc(S(=O)(=O)N2CCC(NCC3CC3)CC2)cc1. The summed E-state index contributed by atoms with van der Waals surface area (Å²) in [5.74, 6) is 0.618. The summed E-state index contributed by atoms with van der Waals surface area (Å²) in [6, 6.07) is 6.55. The van der Waals surface area contributed by atoms with E-state index in [4.69, 9.17) is 0 Å². The van der Waals surface area contributed by atoms with Gasteiger partial charge >= 0.3 is 0 Å². The molecule has 2 fully saturated rings. The first-order valence-electron chi connectivity index (χ1n) is 8.56. The van der Waals surface area contributed by atoms with Crippen molar-refractivity contribution in [1.29, 1.82) is 0 Å². The minimum Gasteiger partial charge on any atom is -0.355 e. The minimum absolute atomic E-state index is 0.221. The van der Waals surface area contributed by atoms with Crippen LogP contribution in [0.1, 0.15) is 36.0 Å². The highest BCUT2D eigenvalue weighted by molar-refractivity contribution is 7.89. The zero-order valence-corrected chi connectivity index (χ0v) is 14.8.